The fourth-order valence-corrected chi connectivity index (χ4v) is 3.18. The molecule has 6 nitrogen and oxygen atoms in total. The lowest BCUT2D eigenvalue weighted by molar-refractivity contribution is 0.475. The van der Waals surface area contributed by atoms with Gasteiger partial charge in [0, 0.05) is 25.2 Å². The van der Waals surface area contributed by atoms with Crippen LogP contribution in [0.25, 0.3) is 33.4 Å². The zero-order valence-corrected chi connectivity index (χ0v) is 14.9. The van der Waals surface area contributed by atoms with Crippen molar-refractivity contribution in [2.24, 2.45) is 14.1 Å². The van der Waals surface area contributed by atoms with Gasteiger partial charge in [0.25, 0.3) is 5.56 Å². The number of aromatic hydroxyl groups is 1. The van der Waals surface area contributed by atoms with Gasteiger partial charge >= 0.3 is 5.69 Å². The number of fused-ring (bicyclic) bond motifs is 1. The fraction of sp³-hybridized carbons (Fsp3) is 0.0952. The summed E-state index contributed by atoms with van der Waals surface area (Å²) in [5.41, 5.74) is 2.48. The van der Waals surface area contributed by atoms with Gasteiger partial charge < -0.3 is 5.11 Å². The van der Waals surface area contributed by atoms with E-state index in [1.54, 1.807) is 31.3 Å². The largest absolute Gasteiger partial charge is 0.508 e. The van der Waals surface area contributed by atoms with E-state index in [1.807, 2.05) is 36.4 Å². The van der Waals surface area contributed by atoms with Gasteiger partial charge in [-0.2, -0.15) is 0 Å². The molecule has 0 unspecified atom stereocenters. The number of phenols is 1. The molecular weight excluding hydrogens is 342 g/mol. The molecule has 27 heavy (non-hydrogen) atoms. The number of phenolic OH excluding ortho intramolecular Hbond substituents is 1. The summed E-state index contributed by atoms with van der Waals surface area (Å²) >= 11 is 0. The van der Waals surface area contributed by atoms with Gasteiger partial charge in [-0.15, -0.1) is 0 Å². The van der Waals surface area contributed by atoms with Crippen LogP contribution in [0.2, 0.25) is 0 Å². The zero-order chi connectivity index (χ0) is 19.1. The van der Waals surface area contributed by atoms with E-state index in [0.29, 0.717) is 22.3 Å². The Morgan fingerprint density at radius 3 is 2.19 bits per heavy atom. The third-order valence-electron chi connectivity index (χ3n) is 4.66. The number of rotatable bonds is 2. The first kappa shape index (κ1) is 16.8. The minimum Gasteiger partial charge on any atom is -0.508 e. The first-order valence-corrected chi connectivity index (χ1v) is 8.43. The Bertz CT molecular complexity index is 1270. The van der Waals surface area contributed by atoms with Crippen LogP contribution >= 0.6 is 0 Å². The summed E-state index contributed by atoms with van der Waals surface area (Å²) in [7, 11) is 3.07. The highest BCUT2D eigenvalue weighted by molar-refractivity contribution is 5.94. The van der Waals surface area contributed by atoms with Crippen molar-refractivity contribution in [1.29, 1.82) is 0 Å². The van der Waals surface area contributed by atoms with Crippen molar-refractivity contribution in [3.8, 4) is 28.1 Å². The van der Waals surface area contributed by atoms with E-state index in [2.05, 4.69) is 4.98 Å². The van der Waals surface area contributed by atoms with Crippen LogP contribution in [0.15, 0.2) is 70.3 Å². The quantitative estimate of drug-likeness (QED) is 0.597. The molecule has 0 saturated carbocycles. The van der Waals surface area contributed by atoms with Crippen molar-refractivity contribution in [2.75, 3.05) is 0 Å². The normalized spacial score (nSPS) is 11.0. The van der Waals surface area contributed by atoms with Crippen molar-refractivity contribution in [2.45, 2.75) is 0 Å². The summed E-state index contributed by atoms with van der Waals surface area (Å²) in [6.07, 6.45) is 0. The molecule has 0 aliphatic carbocycles. The van der Waals surface area contributed by atoms with Gasteiger partial charge in [-0.05, 0) is 35.9 Å². The van der Waals surface area contributed by atoms with Crippen LogP contribution in [0, 0.1) is 0 Å². The van der Waals surface area contributed by atoms with E-state index in [9.17, 15) is 14.7 Å². The Kier molecular flexibility index (Phi) is 3.88. The van der Waals surface area contributed by atoms with E-state index in [-0.39, 0.29) is 11.3 Å². The highest BCUT2D eigenvalue weighted by atomic mass is 16.3. The maximum absolute atomic E-state index is 12.9. The van der Waals surface area contributed by atoms with E-state index >= 15 is 0 Å². The van der Waals surface area contributed by atoms with Gasteiger partial charge in [0.1, 0.15) is 5.75 Å². The molecule has 4 rings (SSSR count). The van der Waals surface area contributed by atoms with Crippen LogP contribution in [0.5, 0.6) is 5.75 Å². The van der Waals surface area contributed by atoms with Crippen molar-refractivity contribution < 1.29 is 5.11 Å². The highest BCUT2D eigenvalue weighted by Crippen LogP contribution is 2.30. The van der Waals surface area contributed by atoms with Gasteiger partial charge in [-0.25, -0.2) is 9.78 Å². The van der Waals surface area contributed by atoms with Crippen molar-refractivity contribution in [3.63, 3.8) is 0 Å². The molecule has 2 heterocycles. The Hall–Kier alpha value is -3.67. The number of pyridine rings is 1. The van der Waals surface area contributed by atoms with E-state index < -0.39 is 5.69 Å². The predicted octanol–water partition coefficient (Wildman–Crippen LogP) is 2.67. The summed E-state index contributed by atoms with van der Waals surface area (Å²) in [6.45, 7) is 0. The summed E-state index contributed by atoms with van der Waals surface area (Å²) in [6, 6.07) is 18.0. The van der Waals surface area contributed by atoms with Crippen LogP contribution in [0.3, 0.4) is 0 Å². The van der Waals surface area contributed by atoms with Crippen LogP contribution in [-0.2, 0) is 14.1 Å². The Labute approximate surface area is 154 Å². The second-order valence-corrected chi connectivity index (χ2v) is 6.37. The van der Waals surface area contributed by atoms with E-state index in [0.717, 1.165) is 15.7 Å². The maximum Gasteiger partial charge on any atom is 0.332 e. The lowest BCUT2D eigenvalue weighted by Crippen LogP contribution is -2.37. The number of benzene rings is 2. The second kappa shape index (κ2) is 6.25. The van der Waals surface area contributed by atoms with Gasteiger partial charge in [0.15, 0.2) is 5.65 Å². The molecule has 0 aliphatic heterocycles. The van der Waals surface area contributed by atoms with Crippen LogP contribution < -0.4 is 11.2 Å². The first-order chi connectivity index (χ1) is 13.0. The summed E-state index contributed by atoms with van der Waals surface area (Å²) in [4.78, 5) is 29.9. The number of hydrogen-bond acceptors (Lipinski definition) is 4. The van der Waals surface area contributed by atoms with Crippen molar-refractivity contribution in [3.05, 3.63) is 81.5 Å². The molecule has 4 aromatic rings. The maximum atomic E-state index is 12.9. The third-order valence-corrected chi connectivity index (χ3v) is 4.66. The molecule has 0 saturated heterocycles. The molecule has 6 heteroatoms. The lowest BCUT2D eigenvalue weighted by atomic mass is 10.00. The molecule has 0 aliphatic rings. The topological polar surface area (TPSA) is 77.1 Å². The van der Waals surface area contributed by atoms with Gasteiger partial charge in [-0.1, -0.05) is 30.3 Å². The second-order valence-electron chi connectivity index (χ2n) is 6.37. The minimum atomic E-state index is -0.429. The van der Waals surface area contributed by atoms with E-state index in [1.165, 1.54) is 11.6 Å². The van der Waals surface area contributed by atoms with Crippen molar-refractivity contribution >= 4 is 11.0 Å². The minimum absolute atomic E-state index is 0.157. The first-order valence-electron chi connectivity index (χ1n) is 8.43. The van der Waals surface area contributed by atoms with Crippen LogP contribution in [0.4, 0.5) is 0 Å². The standard InChI is InChI=1S/C21H17N3O3/c1-23-19-18(20(26)24(2)21(23)27)16(13-6-4-3-5-7-13)12-17(22-19)14-8-10-15(25)11-9-14/h3-12,25H,1-2H3. The lowest BCUT2D eigenvalue weighted by Gasteiger charge is -2.13. The summed E-state index contributed by atoms with van der Waals surface area (Å²) in [5.74, 6) is 0.157. The Morgan fingerprint density at radius 2 is 1.52 bits per heavy atom. The SMILES string of the molecule is Cn1c(=O)c2c(-c3ccccc3)cc(-c3ccc(O)cc3)nc2n(C)c1=O. The average Bonchev–Trinajstić information content (AvgIpc) is 2.71. The van der Waals surface area contributed by atoms with Crippen molar-refractivity contribution in [1.82, 2.24) is 14.1 Å². The molecule has 2 aromatic carbocycles. The average molecular weight is 359 g/mol. The smallest absolute Gasteiger partial charge is 0.332 e. The monoisotopic (exact) mass is 359 g/mol. The van der Waals surface area contributed by atoms with Crippen LogP contribution in [-0.4, -0.2) is 19.2 Å². The van der Waals surface area contributed by atoms with Crippen LogP contribution in [0.1, 0.15) is 0 Å². The predicted molar refractivity (Wildman–Crippen MR) is 105 cm³/mol. The molecule has 0 radical (unpaired) electrons. The Balaban J connectivity index is 2.17. The number of hydrogen-bond donors (Lipinski definition) is 1. The molecule has 134 valence electrons. The number of nitrogens with zero attached hydrogens (tertiary/aromatic N) is 3. The molecular formula is C21H17N3O3. The molecule has 0 atom stereocenters. The molecule has 0 fully saturated rings. The van der Waals surface area contributed by atoms with Gasteiger partial charge in [0.05, 0.1) is 11.1 Å². The summed E-state index contributed by atoms with van der Waals surface area (Å²) < 4.78 is 2.48. The van der Waals surface area contributed by atoms with Gasteiger partial charge in [0.2, 0.25) is 0 Å². The molecule has 0 bridgehead atoms. The Morgan fingerprint density at radius 1 is 0.852 bits per heavy atom. The molecule has 1 N–H and O–H groups in total. The molecule has 0 spiro atoms. The zero-order valence-electron chi connectivity index (χ0n) is 14.9. The van der Waals surface area contributed by atoms with E-state index in [4.69, 9.17) is 0 Å². The summed E-state index contributed by atoms with van der Waals surface area (Å²) in [5, 5.41) is 9.94. The molecule has 2 aromatic heterocycles. The number of aryl methyl sites for hydroxylation is 1. The molecule has 0 amide bonds. The highest BCUT2D eigenvalue weighted by Gasteiger charge is 2.17. The third kappa shape index (κ3) is 2.71. The van der Waals surface area contributed by atoms with Gasteiger partial charge in [-0.3, -0.25) is 13.9 Å². The fourth-order valence-electron chi connectivity index (χ4n) is 3.18. The number of aromatic nitrogens is 3.